The van der Waals surface area contributed by atoms with Gasteiger partial charge in [-0.15, -0.1) is 11.3 Å². The summed E-state index contributed by atoms with van der Waals surface area (Å²) in [6.45, 7) is 0. The molecular weight excluding hydrogens is 717 g/mol. The van der Waals surface area contributed by atoms with Gasteiger partial charge >= 0.3 is 0 Å². The SMILES string of the molecule is c1ccc(-c2nc(-c3ccccc3)nc(-c3cccc4oc5cccc(-c6cccc7sc8cc(-n9c%10ccccc%10c%10ccccc%109)ccc8c67)c5c34)n2)cc1. The average Bonchev–Trinajstić information content (AvgIpc) is 3.96. The maximum atomic E-state index is 6.64. The molecule has 0 aliphatic heterocycles. The molecule has 6 heteroatoms. The number of aromatic nitrogens is 4. The van der Waals surface area contributed by atoms with E-state index < -0.39 is 0 Å². The van der Waals surface area contributed by atoms with Crippen molar-refractivity contribution in [3.05, 3.63) is 182 Å². The second-order valence-electron chi connectivity index (χ2n) is 14.3. The van der Waals surface area contributed by atoms with Gasteiger partial charge in [0.1, 0.15) is 11.2 Å². The first-order valence-electron chi connectivity index (χ1n) is 19.0. The van der Waals surface area contributed by atoms with E-state index in [0.29, 0.717) is 17.5 Å². The van der Waals surface area contributed by atoms with Gasteiger partial charge < -0.3 is 8.98 Å². The predicted molar refractivity (Wildman–Crippen MR) is 236 cm³/mol. The van der Waals surface area contributed by atoms with E-state index in [1.807, 2.05) is 84.1 Å². The van der Waals surface area contributed by atoms with Crippen LogP contribution in [0.1, 0.15) is 0 Å². The number of rotatable bonds is 5. The Bertz CT molecular complexity index is 3420. The molecule has 0 unspecified atom stereocenters. The van der Waals surface area contributed by atoms with Gasteiger partial charge in [0.05, 0.1) is 11.0 Å². The molecule has 12 rings (SSSR count). The van der Waals surface area contributed by atoms with Crippen LogP contribution in [0.25, 0.3) is 115 Å². The Morgan fingerprint density at radius 3 is 1.56 bits per heavy atom. The molecule has 0 atom stereocenters. The van der Waals surface area contributed by atoms with Crippen molar-refractivity contribution in [1.29, 1.82) is 0 Å². The highest BCUT2D eigenvalue weighted by molar-refractivity contribution is 7.26. The molecule has 8 aromatic carbocycles. The number of thiophene rings is 1. The molecule has 0 N–H and O–H groups in total. The molecule has 0 aliphatic rings. The Kier molecular flexibility index (Phi) is 7.03. The molecule has 0 saturated carbocycles. The summed E-state index contributed by atoms with van der Waals surface area (Å²) in [5, 5.41) is 7.02. The van der Waals surface area contributed by atoms with Crippen LogP contribution in [0.3, 0.4) is 0 Å². The summed E-state index contributed by atoms with van der Waals surface area (Å²) in [5.74, 6) is 1.85. The third kappa shape index (κ3) is 4.98. The quantitative estimate of drug-likeness (QED) is 0.176. The number of fused-ring (bicyclic) bond motifs is 9. The van der Waals surface area contributed by atoms with E-state index in [0.717, 1.165) is 55.4 Å². The second kappa shape index (κ2) is 12.6. The number of furan rings is 1. The van der Waals surface area contributed by atoms with Crippen molar-refractivity contribution in [2.24, 2.45) is 0 Å². The first kappa shape index (κ1) is 31.9. The maximum Gasteiger partial charge on any atom is 0.164 e. The van der Waals surface area contributed by atoms with Crippen molar-refractivity contribution in [1.82, 2.24) is 19.5 Å². The molecule has 0 fully saturated rings. The van der Waals surface area contributed by atoms with Gasteiger partial charge in [-0.3, -0.25) is 0 Å². The fraction of sp³-hybridized carbons (Fsp3) is 0. The lowest BCUT2D eigenvalue weighted by Crippen LogP contribution is -2.00. The Labute approximate surface area is 330 Å². The Balaban J connectivity index is 1.08. The monoisotopic (exact) mass is 746 g/mol. The van der Waals surface area contributed by atoms with Crippen molar-refractivity contribution in [3.8, 4) is 51.0 Å². The van der Waals surface area contributed by atoms with Gasteiger partial charge in [0.15, 0.2) is 17.5 Å². The topological polar surface area (TPSA) is 56.7 Å². The summed E-state index contributed by atoms with van der Waals surface area (Å²) in [4.78, 5) is 15.2. The first-order valence-corrected chi connectivity index (χ1v) is 19.8. The molecule has 4 aromatic heterocycles. The Morgan fingerprint density at radius 2 is 0.912 bits per heavy atom. The number of hydrogen-bond acceptors (Lipinski definition) is 5. The highest BCUT2D eigenvalue weighted by Crippen LogP contribution is 2.46. The smallest absolute Gasteiger partial charge is 0.164 e. The van der Waals surface area contributed by atoms with Crippen molar-refractivity contribution in [3.63, 3.8) is 0 Å². The second-order valence-corrected chi connectivity index (χ2v) is 15.4. The summed E-state index contributed by atoms with van der Waals surface area (Å²) in [6, 6.07) is 63.7. The zero-order chi connectivity index (χ0) is 37.5. The molecule has 0 spiro atoms. The molecule has 0 amide bonds. The molecule has 266 valence electrons. The van der Waals surface area contributed by atoms with Crippen molar-refractivity contribution in [2.45, 2.75) is 0 Å². The van der Waals surface area contributed by atoms with Crippen LogP contribution in [-0.4, -0.2) is 19.5 Å². The lowest BCUT2D eigenvalue weighted by Gasteiger charge is -2.11. The Morgan fingerprint density at radius 1 is 0.386 bits per heavy atom. The van der Waals surface area contributed by atoms with Crippen LogP contribution in [0.4, 0.5) is 0 Å². The largest absolute Gasteiger partial charge is 0.456 e. The molecule has 4 heterocycles. The van der Waals surface area contributed by atoms with Crippen LogP contribution in [0.2, 0.25) is 0 Å². The van der Waals surface area contributed by atoms with Crippen molar-refractivity contribution < 1.29 is 4.42 Å². The van der Waals surface area contributed by atoms with Crippen LogP contribution in [0.15, 0.2) is 186 Å². The third-order valence-corrected chi connectivity index (χ3v) is 12.2. The Hall–Kier alpha value is -7.41. The summed E-state index contributed by atoms with van der Waals surface area (Å²) < 4.78 is 11.5. The van der Waals surface area contributed by atoms with E-state index in [1.165, 1.54) is 42.0 Å². The fourth-order valence-corrected chi connectivity index (χ4v) is 9.75. The summed E-state index contributed by atoms with van der Waals surface area (Å²) in [5.41, 5.74) is 10.2. The average molecular weight is 747 g/mol. The highest BCUT2D eigenvalue weighted by Gasteiger charge is 2.22. The van der Waals surface area contributed by atoms with Crippen LogP contribution in [0.5, 0.6) is 0 Å². The molecule has 0 saturated heterocycles. The summed E-state index contributed by atoms with van der Waals surface area (Å²) in [7, 11) is 0. The molecule has 0 bridgehead atoms. The van der Waals surface area contributed by atoms with Gasteiger partial charge in [-0.2, -0.15) is 0 Å². The molecule has 0 radical (unpaired) electrons. The minimum absolute atomic E-state index is 0.600. The number of nitrogens with zero attached hydrogens (tertiary/aromatic N) is 4. The van der Waals surface area contributed by atoms with Crippen LogP contribution < -0.4 is 0 Å². The lowest BCUT2D eigenvalue weighted by molar-refractivity contribution is 0.669. The van der Waals surface area contributed by atoms with Crippen LogP contribution in [-0.2, 0) is 0 Å². The molecule has 57 heavy (non-hydrogen) atoms. The standard InChI is InChI=1S/C51H30N4OS/c1-3-14-31(15-4-1)49-52-50(32-16-5-2-6-17-32)54-51(53-49)39-22-12-26-43-48(39)47-37(20-11-25-42(47)56-43)36-21-13-27-44-46(36)38-29-28-33(30-45(38)57-44)55-40-23-9-7-18-34(40)35-19-8-10-24-41(35)55/h1-30H. The molecule has 5 nitrogen and oxygen atoms in total. The number of benzene rings is 8. The van der Waals surface area contributed by atoms with Gasteiger partial charge in [0.2, 0.25) is 0 Å². The van der Waals surface area contributed by atoms with E-state index in [-0.39, 0.29) is 0 Å². The minimum Gasteiger partial charge on any atom is -0.456 e. The lowest BCUT2D eigenvalue weighted by atomic mass is 9.94. The summed E-state index contributed by atoms with van der Waals surface area (Å²) >= 11 is 1.84. The normalized spacial score (nSPS) is 11.9. The van der Waals surface area contributed by atoms with E-state index in [1.54, 1.807) is 0 Å². The molecule has 0 aliphatic carbocycles. The van der Waals surface area contributed by atoms with Crippen LogP contribution in [0, 0.1) is 0 Å². The molecular formula is C51H30N4OS. The van der Waals surface area contributed by atoms with E-state index in [2.05, 4.69) is 114 Å². The van der Waals surface area contributed by atoms with Gasteiger partial charge in [-0.25, -0.2) is 15.0 Å². The number of para-hydroxylation sites is 2. The zero-order valence-electron chi connectivity index (χ0n) is 30.4. The predicted octanol–water partition coefficient (Wildman–Crippen LogP) is 13.9. The van der Waals surface area contributed by atoms with Gasteiger partial charge in [0.25, 0.3) is 0 Å². The van der Waals surface area contributed by atoms with Gasteiger partial charge in [0, 0.05) is 64.1 Å². The van der Waals surface area contributed by atoms with Crippen molar-refractivity contribution >= 4 is 75.3 Å². The van der Waals surface area contributed by atoms with Crippen LogP contribution >= 0.6 is 11.3 Å². The molecule has 12 aromatic rings. The zero-order valence-corrected chi connectivity index (χ0v) is 31.2. The van der Waals surface area contributed by atoms with E-state index >= 15 is 0 Å². The van der Waals surface area contributed by atoms with E-state index in [9.17, 15) is 0 Å². The summed E-state index contributed by atoms with van der Waals surface area (Å²) in [6.07, 6.45) is 0. The van der Waals surface area contributed by atoms with Crippen molar-refractivity contribution in [2.75, 3.05) is 0 Å². The van der Waals surface area contributed by atoms with Gasteiger partial charge in [-0.05, 0) is 53.6 Å². The minimum atomic E-state index is 0.600. The fourth-order valence-electron chi connectivity index (χ4n) is 8.59. The maximum absolute atomic E-state index is 6.64. The van der Waals surface area contributed by atoms with E-state index in [4.69, 9.17) is 19.4 Å². The third-order valence-electron chi connectivity index (χ3n) is 11.1. The first-order chi connectivity index (χ1) is 28.3. The highest BCUT2D eigenvalue weighted by atomic mass is 32.1. The number of hydrogen-bond donors (Lipinski definition) is 0. The van der Waals surface area contributed by atoms with Gasteiger partial charge in [-0.1, -0.05) is 140 Å².